The van der Waals surface area contributed by atoms with Crippen LogP contribution in [-0.2, 0) is 0 Å². The molecular weight excluding hydrogens is 225 g/mol. The van der Waals surface area contributed by atoms with Gasteiger partial charge in [0.15, 0.2) is 5.82 Å². The molecule has 1 N–H and O–H groups in total. The van der Waals surface area contributed by atoms with Gasteiger partial charge in [-0.25, -0.2) is 9.37 Å². The fraction of sp³-hybridized carbons (Fsp3) is 0.273. The molecule has 2 heterocycles. The Morgan fingerprint density at radius 2 is 2.31 bits per heavy atom. The van der Waals surface area contributed by atoms with Crippen LogP contribution >= 0.6 is 11.3 Å². The molecule has 0 saturated heterocycles. The SMILES string of the molecule is CNC(C)c1csc(-c2ccncc2F)n1. The van der Waals surface area contributed by atoms with Gasteiger partial charge in [0.1, 0.15) is 5.01 Å². The largest absolute Gasteiger partial charge is 0.312 e. The number of hydrogen-bond donors (Lipinski definition) is 1. The molecule has 0 radical (unpaired) electrons. The molecule has 16 heavy (non-hydrogen) atoms. The van der Waals surface area contributed by atoms with Crippen LogP contribution in [0.5, 0.6) is 0 Å². The Balaban J connectivity index is 2.35. The summed E-state index contributed by atoms with van der Waals surface area (Å²) in [7, 11) is 1.87. The number of pyridine rings is 1. The molecular formula is C11H12FN3S. The van der Waals surface area contributed by atoms with E-state index in [1.165, 1.54) is 17.5 Å². The third kappa shape index (κ3) is 2.10. The number of aromatic nitrogens is 2. The quantitative estimate of drug-likeness (QED) is 0.891. The predicted molar refractivity (Wildman–Crippen MR) is 62.8 cm³/mol. The highest BCUT2D eigenvalue weighted by molar-refractivity contribution is 7.13. The van der Waals surface area contributed by atoms with Crippen molar-refractivity contribution in [1.29, 1.82) is 0 Å². The molecule has 2 aromatic rings. The molecule has 5 heteroatoms. The standard InChI is InChI=1S/C11H12FN3S/c1-7(13-2)10-6-16-11(15-10)8-3-4-14-5-9(8)12/h3-7,13H,1-2H3. The second-order valence-corrected chi connectivity index (χ2v) is 4.30. The van der Waals surface area contributed by atoms with Gasteiger partial charge < -0.3 is 5.32 Å². The van der Waals surface area contributed by atoms with Gasteiger partial charge in [-0.2, -0.15) is 0 Å². The second kappa shape index (κ2) is 4.67. The Bertz CT molecular complexity index is 484. The zero-order valence-electron chi connectivity index (χ0n) is 9.07. The minimum Gasteiger partial charge on any atom is -0.312 e. The highest BCUT2D eigenvalue weighted by atomic mass is 32.1. The summed E-state index contributed by atoms with van der Waals surface area (Å²) in [5.74, 6) is -0.333. The molecule has 84 valence electrons. The molecule has 0 bridgehead atoms. The van der Waals surface area contributed by atoms with E-state index in [0.717, 1.165) is 5.69 Å². The molecule has 0 spiro atoms. The summed E-state index contributed by atoms with van der Waals surface area (Å²) in [6, 6.07) is 1.82. The molecule has 2 aromatic heterocycles. The third-order valence-corrected chi connectivity index (χ3v) is 3.30. The first-order valence-corrected chi connectivity index (χ1v) is 5.83. The van der Waals surface area contributed by atoms with Crippen LogP contribution in [0, 0.1) is 5.82 Å². The zero-order valence-corrected chi connectivity index (χ0v) is 9.88. The van der Waals surface area contributed by atoms with Crippen molar-refractivity contribution >= 4 is 11.3 Å². The maximum Gasteiger partial charge on any atom is 0.151 e. The highest BCUT2D eigenvalue weighted by Crippen LogP contribution is 2.27. The van der Waals surface area contributed by atoms with Crippen molar-refractivity contribution in [3.63, 3.8) is 0 Å². The lowest BCUT2D eigenvalue weighted by molar-refractivity contribution is 0.623. The van der Waals surface area contributed by atoms with E-state index in [1.807, 2.05) is 19.4 Å². The number of nitrogens with zero attached hydrogens (tertiary/aromatic N) is 2. The summed E-state index contributed by atoms with van der Waals surface area (Å²) in [6.45, 7) is 2.02. The van der Waals surface area contributed by atoms with Crippen molar-refractivity contribution in [2.45, 2.75) is 13.0 Å². The van der Waals surface area contributed by atoms with E-state index >= 15 is 0 Å². The van der Waals surface area contributed by atoms with Gasteiger partial charge in [0.05, 0.1) is 11.9 Å². The van der Waals surface area contributed by atoms with E-state index < -0.39 is 0 Å². The van der Waals surface area contributed by atoms with Gasteiger partial charge in [-0.3, -0.25) is 4.98 Å². The van der Waals surface area contributed by atoms with Crippen LogP contribution in [-0.4, -0.2) is 17.0 Å². The van der Waals surface area contributed by atoms with Crippen LogP contribution in [0.3, 0.4) is 0 Å². The smallest absolute Gasteiger partial charge is 0.151 e. The normalized spacial score (nSPS) is 12.7. The van der Waals surface area contributed by atoms with Crippen LogP contribution < -0.4 is 5.32 Å². The fourth-order valence-electron chi connectivity index (χ4n) is 1.31. The van der Waals surface area contributed by atoms with Crippen molar-refractivity contribution in [2.75, 3.05) is 7.05 Å². The number of thiazole rings is 1. The third-order valence-electron chi connectivity index (χ3n) is 2.40. The first-order valence-electron chi connectivity index (χ1n) is 4.95. The van der Waals surface area contributed by atoms with Gasteiger partial charge >= 0.3 is 0 Å². The van der Waals surface area contributed by atoms with E-state index in [9.17, 15) is 4.39 Å². The van der Waals surface area contributed by atoms with Crippen LogP contribution in [0.1, 0.15) is 18.7 Å². The van der Waals surface area contributed by atoms with Gasteiger partial charge in [0.25, 0.3) is 0 Å². The number of rotatable bonds is 3. The van der Waals surface area contributed by atoms with Crippen LogP contribution in [0.25, 0.3) is 10.6 Å². The molecule has 0 aliphatic rings. The Hall–Kier alpha value is -1.33. The molecule has 2 rings (SSSR count). The van der Waals surface area contributed by atoms with Gasteiger partial charge in [-0.15, -0.1) is 11.3 Å². The summed E-state index contributed by atoms with van der Waals surface area (Å²) in [5, 5.41) is 5.73. The molecule has 3 nitrogen and oxygen atoms in total. The Labute approximate surface area is 97.4 Å². The molecule has 0 aliphatic heterocycles. The van der Waals surface area contributed by atoms with Crippen molar-refractivity contribution < 1.29 is 4.39 Å². The van der Waals surface area contributed by atoms with Crippen molar-refractivity contribution in [3.8, 4) is 10.6 Å². The maximum atomic E-state index is 13.5. The predicted octanol–water partition coefficient (Wildman–Crippen LogP) is 2.62. The molecule has 0 amide bonds. The van der Waals surface area contributed by atoms with Gasteiger partial charge in [0, 0.05) is 23.2 Å². The molecule has 0 aromatic carbocycles. The summed E-state index contributed by atoms with van der Waals surface area (Å²) in [6.07, 6.45) is 2.78. The number of nitrogens with one attached hydrogen (secondary N) is 1. The lowest BCUT2D eigenvalue weighted by Gasteiger charge is -2.05. The number of halogens is 1. The van der Waals surface area contributed by atoms with Crippen LogP contribution in [0.15, 0.2) is 23.8 Å². The molecule has 0 fully saturated rings. The van der Waals surface area contributed by atoms with Gasteiger partial charge in [-0.1, -0.05) is 0 Å². The second-order valence-electron chi connectivity index (χ2n) is 3.44. The summed E-state index contributed by atoms with van der Waals surface area (Å²) < 4.78 is 13.5. The average molecular weight is 237 g/mol. The van der Waals surface area contributed by atoms with Crippen LogP contribution in [0.2, 0.25) is 0 Å². The minimum atomic E-state index is -0.333. The minimum absolute atomic E-state index is 0.176. The monoisotopic (exact) mass is 237 g/mol. The summed E-state index contributed by atoms with van der Waals surface area (Å²) in [4.78, 5) is 8.12. The Morgan fingerprint density at radius 3 is 3.00 bits per heavy atom. The topological polar surface area (TPSA) is 37.8 Å². The lowest BCUT2D eigenvalue weighted by atomic mass is 10.2. The highest BCUT2D eigenvalue weighted by Gasteiger charge is 2.12. The average Bonchev–Trinajstić information content (AvgIpc) is 2.78. The molecule has 0 aliphatic carbocycles. The van der Waals surface area contributed by atoms with E-state index in [0.29, 0.717) is 10.6 Å². The van der Waals surface area contributed by atoms with E-state index in [1.54, 1.807) is 12.3 Å². The van der Waals surface area contributed by atoms with Crippen molar-refractivity contribution in [1.82, 2.24) is 15.3 Å². The van der Waals surface area contributed by atoms with Crippen molar-refractivity contribution in [2.24, 2.45) is 0 Å². The number of hydrogen-bond acceptors (Lipinski definition) is 4. The van der Waals surface area contributed by atoms with E-state index in [2.05, 4.69) is 15.3 Å². The first kappa shape index (κ1) is 11.2. The summed E-state index contributed by atoms with van der Waals surface area (Å²) in [5.41, 5.74) is 1.44. The maximum absolute atomic E-state index is 13.5. The fourth-order valence-corrected chi connectivity index (χ4v) is 2.25. The first-order chi connectivity index (χ1) is 7.72. The molecule has 1 atom stereocenters. The van der Waals surface area contributed by atoms with Crippen molar-refractivity contribution in [3.05, 3.63) is 35.4 Å². The Morgan fingerprint density at radius 1 is 1.50 bits per heavy atom. The molecule has 1 unspecified atom stereocenters. The zero-order chi connectivity index (χ0) is 11.5. The van der Waals surface area contributed by atoms with Gasteiger partial charge in [0.2, 0.25) is 0 Å². The van der Waals surface area contributed by atoms with E-state index in [-0.39, 0.29) is 11.9 Å². The van der Waals surface area contributed by atoms with Crippen LogP contribution in [0.4, 0.5) is 4.39 Å². The lowest BCUT2D eigenvalue weighted by Crippen LogP contribution is -2.12. The Kier molecular flexibility index (Phi) is 3.26. The van der Waals surface area contributed by atoms with Gasteiger partial charge in [-0.05, 0) is 20.0 Å². The van der Waals surface area contributed by atoms with E-state index in [4.69, 9.17) is 0 Å². The summed E-state index contributed by atoms with van der Waals surface area (Å²) >= 11 is 1.44. The molecule has 0 saturated carbocycles.